The van der Waals surface area contributed by atoms with Crippen molar-refractivity contribution in [3.63, 3.8) is 0 Å². The predicted octanol–water partition coefficient (Wildman–Crippen LogP) is 2.85. The smallest absolute Gasteiger partial charge is 0.0590 e. The number of nitrogens with zero attached hydrogens (tertiary/aromatic N) is 1. The Bertz CT molecular complexity index is 381. The number of hydrogen-bond donors (Lipinski definition) is 1. The summed E-state index contributed by atoms with van der Waals surface area (Å²) < 4.78 is 5.55. The van der Waals surface area contributed by atoms with Crippen LogP contribution in [-0.4, -0.2) is 39.4 Å². The van der Waals surface area contributed by atoms with Gasteiger partial charge >= 0.3 is 0 Å². The van der Waals surface area contributed by atoms with Crippen molar-refractivity contribution in [3.05, 3.63) is 29.8 Å². The number of nitrogens with one attached hydrogen (secondary N) is 1. The van der Waals surface area contributed by atoms with E-state index < -0.39 is 0 Å². The molecule has 3 nitrogen and oxygen atoms in total. The third-order valence-corrected chi connectivity index (χ3v) is 3.83. The predicted molar refractivity (Wildman–Crippen MR) is 85.6 cm³/mol. The van der Waals surface area contributed by atoms with Gasteiger partial charge in [0.15, 0.2) is 0 Å². The zero-order valence-corrected chi connectivity index (χ0v) is 12.7. The molecule has 112 valence electrons. The summed E-state index contributed by atoms with van der Waals surface area (Å²) in [7, 11) is 0. The molecule has 0 saturated carbocycles. The molecule has 0 saturated heterocycles. The highest BCUT2D eigenvalue weighted by Crippen LogP contribution is 2.25. The van der Waals surface area contributed by atoms with E-state index in [4.69, 9.17) is 4.74 Å². The summed E-state index contributed by atoms with van der Waals surface area (Å²) in [4.78, 5) is 2.50. The summed E-state index contributed by atoms with van der Waals surface area (Å²) >= 11 is 0. The maximum atomic E-state index is 5.55. The van der Waals surface area contributed by atoms with Gasteiger partial charge in [-0.2, -0.15) is 0 Å². The number of rotatable bonds is 9. The zero-order valence-electron chi connectivity index (χ0n) is 12.7. The van der Waals surface area contributed by atoms with Crippen molar-refractivity contribution in [2.24, 2.45) is 0 Å². The maximum absolute atomic E-state index is 5.55. The summed E-state index contributed by atoms with van der Waals surface area (Å²) in [6.45, 7) is 8.19. The largest absolute Gasteiger partial charge is 0.380 e. The number of unbranched alkanes of at least 4 members (excludes halogenated alkanes) is 1. The van der Waals surface area contributed by atoms with E-state index in [9.17, 15) is 0 Å². The van der Waals surface area contributed by atoms with Crippen LogP contribution in [0.5, 0.6) is 0 Å². The van der Waals surface area contributed by atoms with E-state index in [1.807, 2.05) is 0 Å². The van der Waals surface area contributed by atoms with Crippen molar-refractivity contribution < 1.29 is 4.74 Å². The highest BCUT2D eigenvalue weighted by Gasteiger charge is 2.14. The Kier molecular flexibility index (Phi) is 6.89. The molecule has 0 unspecified atom stereocenters. The molecule has 0 aromatic heterocycles. The van der Waals surface area contributed by atoms with E-state index in [2.05, 4.69) is 41.4 Å². The molecule has 1 aromatic carbocycles. The molecule has 20 heavy (non-hydrogen) atoms. The van der Waals surface area contributed by atoms with Gasteiger partial charge in [-0.05, 0) is 30.9 Å². The molecule has 3 heteroatoms. The Balaban J connectivity index is 1.61. The molecule has 0 atom stereocenters. The lowest BCUT2D eigenvalue weighted by atomic mass is 10.0. The molecule has 1 aromatic rings. The molecule has 0 radical (unpaired) electrons. The Hall–Kier alpha value is -1.06. The number of para-hydroxylation sites is 1. The fourth-order valence-corrected chi connectivity index (χ4v) is 2.68. The number of anilines is 1. The lowest BCUT2D eigenvalue weighted by molar-refractivity contribution is 0.133. The maximum Gasteiger partial charge on any atom is 0.0590 e. The molecule has 0 bridgehead atoms. The fourth-order valence-electron chi connectivity index (χ4n) is 2.68. The summed E-state index contributed by atoms with van der Waals surface area (Å²) in [5.74, 6) is 0. The molecule has 1 aliphatic heterocycles. The van der Waals surface area contributed by atoms with E-state index >= 15 is 0 Å². The minimum absolute atomic E-state index is 0.830. The van der Waals surface area contributed by atoms with Crippen molar-refractivity contribution in [1.82, 2.24) is 5.32 Å². The topological polar surface area (TPSA) is 24.5 Å². The molecular formula is C17H28N2O. The second kappa shape index (κ2) is 8.98. The lowest BCUT2D eigenvalue weighted by Gasteiger charge is -2.31. The van der Waals surface area contributed by atoms with Crippen LogP contribution in [-0.2, 0) is 11.2 Å². The third-order valence-electron chi connectivity index (χ3n) is 3.83. The molecule has 0 spiro atoms. The van der Waals surface area contributed by atoms with E-state index in [1.165, 1.54) is 43.5 Å². The number of aryl methyl sites for hydroxylation is 1. The standard InChI is InChI=1S/C17H28N2O/c1-2-3-14-20-15-11-18-10-13-19-12-6-8-16-7-4-5-9-17(16)19/h4-5,7,9,18H,2-3,6,8,10-15H2,1H3. The van der Waals surface area contributed by atoms with Gasteiger partial charge in [-0.25, -0.2) is 0 Å². The first kappa shape index (κ1) is 15.3. The van der Waals surface area contributed by atoms with E-state index in [-0.39, 0.29) is 0 Å². The molecular weight excluding hydrogens is 248 g/mol. The van der Waals surface area contributed by atoms with Crippen LogP contribution in [0, 0.1) is 0 Å². The minimum atomic E-state index is 0.830. The third kappa shape index (κ3) is 4.80. The van der Waals surface area contributed by atoms with Gasteiger partial charge in [-0.15, -0.1) is 0 Å². The second-order valence-electron chi connectivity index (χ2n) is 5.44. The Morgan fingerprint density at radius 2 is 2.10 bits per heavy atom. The highest BCUT2D eigenvalue weighted by atomic mass is 16.5. The minimum Gasteiger partial charge on any atom is -0.380 e. The normalized spacial score (nSPS) is 14.3. The van der Waals surface area contributed by atoms with Crippen LogP contribution in [0.2, 0.25) is 0 Å². The first-order valence-electron chi connectivity index (χ1n) is 8.03. The Morgan fingerprint density at radius 1 is 1.20 bits per heavy atom. The molecule has 0 aliphatic carbocycles. The van der Waals surface area contributed by atoms with Crippen molar-refractivity contribution in [3.8, 4) is 0 Å². The van der Waals surface area contributed by atoms with Crippen molar-refractivity contribution in [2.45, 2.75) is 32.6 Å². The quantitative estimate of drug-likeness (QED) is 0.702. The highest BCUT2D eigenvalue weighted by molar-refractivity contribution is 5.55. The van der Waals surface area contributed by atoms with Crippen molar-refractivity contribution >= 4 is 5.69 Å². The monoisotopic (exact) mass is 276 g/mol. The van der Waals surface area contributed by atoms with Crippen LogP contribution in [0.1, 0.15) is 31.7 Å². The van der Waals surface area contributed by atoms with Crippen molar-refractivity contribution in [2.75, 3.05) is 44.3 Å². The number of benzene rings is 1. The van der Waals surface area contributed by atoms with Gasteiger partial charge in [0.25, 0.3) is 0 Å². The van der Waals surface area contributed by atoms with Crippen LogP contribution in [0.3, 0.4) is 0 Å². The summed E-state index contributed by atoms with van der Waals surface area (Å²) in [5, 5.41) is 3.47. The average Bonchev–Trinajstić information content (AvgIpc) is 2.50. The molecule has 1 N–H and O–H groups in total. The number of fused-ring (bicyclic) bond motifs is 1. The Labute approximate surface area is 123 Å². The van der Waals surface area contributed by atoms with Crippen LogP contribution in [0.4, 0.5) is 5.69 Å². The summed E-state index contributed by atoms with van der Waals surface area (Å²) in [6, 6.07) is 8.80. The zero-order chi connectivity index (χ0) is 14.0. The van der Waals surface area contributed by atoms with Gasteiger partial charge in [0, 0.05) is 38.5 Å². The first-order chi connectivity index (χ1) is 9.92. The summed E-state index contributed by atoms with van der Waals surface area (Å²) in [5.41, 5.74) is 2.93. The van der Waals surface area contributed by atoms with Gasteiger partial charge < -0.3 is 15.0 Å². The van der Waals surface area contributed by atoms with Crippen LogP contribution in [0.25, 0.3) is 0 Å². The van der Waals surface area contributed by atoms with Gasteiger partial charge in [-0.3, -0.25) is 0 Å². The van der Waals surface area contributed by atoms with Gasteiger partial charge in [0.05, 0.1) is 6.61 Å². The number of hydrogen-bond acceptors (Lipinski definition) is 3. The molecule has 1 heterocycles. The Morgan fingerprint density at radius 3 is 3.00 bits per heavy atom. The van der Waals surface area contributed by atoms with E-state index in [0.29, 0.717) is 0 Å². The van der Waals surface area contributed by atoms with Crippen LogP contribution >= 0.6 is 0 Å². The second-order valence-corrected chi connectivity index (χ2v) is 5.44. The van der Waals surface area contributed by atoms with Gasteiger partial charge in [0.2, 0.25) is 0 Å². The van der Waals surface area contributed by atoms with Crippen molar-refractivity contribution in [1.29, 1.82) is 0 Å². The molecule has 1 aliphatic rings. The number of ether oxygens (including phenoxy) is 1. The van der Waals surface area contributed by atoms with E-state index in [0.717, 1.165) is 32.8 Å². The van der Waals surface area contributed by atoms with Crippen LogP contribution < -0.4 is 10.2 Å². The summed E-state index contributed by atoms with van der Waals surface area (Å²) in [6.07, 6.45) is 4.88. The van der Waals surface area contributed by atoms with E-state index in [1.54, 1.807) is 0 Å². The first-order valence-corrected chi connectivity index (χ1v) is 8.03. The average molecular weight is 276 g/mol. The van der Waals surface area contributed by atoms with Gasteiger partial charge in [-0.1, -0.05) is 31.5 Å². The van der Waals surface area contributed by atoms with Gasteiger partial charge in [0.1, 0.15) is 0 Å². The molecule has 0 amide bonds. The lowest BCUT2D eigenvalue weighted by Crippen LogP contribution is -2.36. The fraction of sp³-hybridized carbons (Fsp3) is 0.647. The molecule has 2 rings (SSSR count). The van der Waals surface area contributed by atoms with Crippen LogP contribution in [0.15, 0.2) is 24.3 Å². The SMILES string of the molecule is CCCCOCCNCCN1CCCc2ccccc21. The molecule has 0 fully saturated rings.